The largest absolute Gasteiger partial charge is 0.382 e. The van der Waals surface area contributed by atoms with Gasteiger partial charge in [-0.25, -0.2) is 4.39 Å². The minimum absolute atomic E-state index is 0.0494. The maximum atomic E-state index is 11.8. The number of nitrogens with zero attached hydrogens (tertiary/aromatic N) is 1. The van der Waals surface area contributed by atoms with Crippen LogP contribution in [0.1, 0.15) is 5.56 Å². The number of alkyl halides is 1. The maximum absolute atomic E-state index is 11.8. The lowest BCUT2D eigenvalue weighted by atomic mass is 10.2. The molecule has 0 aliphatic heterocycles. The molecule has 1 aromatic carbocycles. The molecule has 0 radical (unpaired) electrons. The van der Waals surface area contributed by atoms with Crippen molar-refractivity contribution in [3.63, 3.8) is 0 Å². The summed E-state index contributed by atoms with van der Waals surface area (Å²) in [4.78, 5) is 9.95. The normalized spacial score (nSPS) is 9.86. The number of nitro benzene ring substituents is 1. The number of nitrogens with one attached hydrogen (secondary N) is 1. The van der Waals surface area contributed by atoms with E-state index in [1.165, 1.54) is 12.1 Å². The highest BCUT2D eigenvalue weighted by Gasteiger charge is 2.06. The zero-order valence-electron chi connectivity index (χ0n) is 7.79. The van der Waals surface area contributed by atoms with E-state index in [4.69, 9.17) is 0 Å². The van der Waals surface area contributed by atoms with Crippen LogP contribution in [0.3, 0.4) is 0 Å². The quantitative estimate of drug-likeness (QED) is 0.596. The van der Waals surface area contributed by atoms with Gasteiger partial charge in [-0.3, -0.25) is 10.1 Å². The molecule has 0 amide bonds. The first kappa shape index (κ1) is 10.4. The fourth-order valence-corrected chi connectivity index (χ4v) is 1.14. The summed E-state index contributed by atoms with van der Waals surface area (Å²) in [6.45, 7) is 1.50. The number of non-ortho nitro benzene ring substituents is 1. The van der Waals surface area contributed by atoms with E-state index in [0.29, 0.717) is 0 Å². The van der Waals surface area contributed by atoms with E-state index >= 15 is 0 Å². The van der Waals surface area contributed by atoms with Gasteiger partial charge in [-0.2, -0.15) is 0 Å². The van der Waals surface area contributed by atoms with E-state index in [9.17, 15) is 14.5 Å². The van der Waals surface area contributed by atoms with Crippen molar-refractivity contribution < 1.29 is 9.31 Å². The lowest BCUT2D eigenvalue weighted by molar-refractivity contribution is -0.384. The van der Waals surface area contributed by atoms with Crippen molar-refractivity contribution in [1.29, 1.82) is 0 Å². The Morgan fingerprint density at radius 1 is 1.57 bits per heavy atom. The summed E-state index contributed by atoms with van der Waals surface area (Å²) in [7, 11) is 0. The number of rotatable bonds is 4. The highest BCUT2D eigenvalue weighted by Crippen LogP contribution is 2.20. The highest BCUT2D eigenvalue weighted by atomic mass is 19.1. The molecular weight excluding hydrogens is 187 g/mol. The summed E-state index contributed by atoms with van der Waals surface area (Å²) in [5.74, 6) is 0. The average molecular weight is 198 g/mol. The molecule has 0 saturated carbocycles. The summed E-state index contributed by atoms with van der Waals surface area (Å²) in [6.07, 6.45) is 0. The second-order valence-corrected chi connectivity index (χ2v) is 2.87. The summed E-state index contributed by atoms with van der Waals surface area (Å²) in [6, 6.07) is 4.44. The van der Waals surface area contributed by atoms with Crippen molar-refractivity contribution in [3.8, 4) is 0 Å². The van der Waals surface area contributed by atoms with Gasteiger partial charge in [0.2, 0.25) is 0 Å². The summed E-state index contributed by atoms with van der Waals surface area (Å²) in [5, 5.41) is 13.2. The summed E-state index contributed by atoms with van der Waals surface area (Å²) < 4.78 is 11.8. The first-order valence-corrected chi connectivity index (χ1v) is 4.20. The van der Waals surface area contributed by atoms with Crippen LogP contribution in [0.4, 0.5) is 15.8 Å². The minimum atomic E-state index is -0.462. The highest BCUT2D eigenvalue weighted by molar-refractivity contribution is 5.55. The number of hydrogen-bond donors (Lipinski definition) is 1. The molecule has 0 heterocycles. The van der Waals surface area contributed by atoms with Crippen molar-refractivity contribution >= 4 is 11.4 Å². The Balaban J connectivity index is 2.84. The third kappa shape index (κ3) is 2.42. The molecule has 0 aromatic heterocycles. The number of benzene rings is 1. The second kappa shape index (κ2) is 4.55. The van der Waals surface area contributed by atoms with E-state index in [-0.39, 0.29) is 12.2 Å². The van der Waals surface area contributed by atoms with E-state index in [1.54, 1.807) is 13.0 Å². The van der Waals surface area contributed by atoms with Crippen molar-refractivity contribution in [2.45, 2.75) is 6.92 Å². The molecule has 4 nitrogen and oxygen atoms in total. The Kier molecular flexibility index (Phi) is 3.39. The Morgan fingerprint density at radius 2 is 2.29 bits per heavy atom. The first-order valence-electron chi connectivity index (χ1n) is 4.20. The predicted octanol–water partition coefficient (Wildman–Crippen LogP) is 2.28. The van der Waals surface area contributed by atoms with Crippen molar-refractivity contribution in [3.05, 3.63) is 33.9 Å². The van der Waals surface area contributed by atoms with Gasteiger partial charge in [-0.15, -0.1) is 0 Å². The zero-order chi connectivity index (χ0) is 10.6. The van der Waals surface area contributed by atoms with Gasteiger partial charge in [-0.1, -0.05) is 0 Å². The van der Waals surface area contributed by atoms with Gasteiger partial charge in [0.25, 0.3) is 5.69 Å². The smallest absolute Gasteiger partial charge is 0.269 e. The van der Waals surface area contributed by atoms with Crippen LogP contribution in [-0.2, 0) is 0 Å². The maximum Gasteiger partial charge on any atom is 0.269 e. The van der Waals surface area contributed by atoms with Gasteiger partial charge in [0.05, 0.1) is 4.92 Å². The van der Waals surface area contributed by atoms with Gasteiger partial charge in [-0.05, 0) is 18.6 Å². The number of halogens is 1. The van der Waals surface area contributed by atoms with Gasteiger partial charge in [0, 0.05) is 24.4 Å². The average Bonchev–Trinajstić information content (AvgIpc) is 2.15. The lowest BCUT2D eigenvalue weighted by Gasteiger charge is -2.06. The lowest BCUT2D eigenvalue weighted by Crippen LogP contribution is -2.04. The molecule has 0 fully saturated rings. The molecule has 0 atom stereocenters. The number of hydrogen-bond acceptors (Lipinski definition) is 3. The van der Waals surface area contributed by atoms with E-state index in [0.717, 1.165) is 11.3 Å². The SMILES string of the molecule is Cc1cc([N+](=O)[O-])ccc1NCCF. The molecule has 0 aliphatic carbocycles. The minimum Gasteiger partial charge on any atom is -0.382 e. The fourth-order valence-electron chi connectivity index (χ4n) is 1.14. The Hall–Kier alpha value is -1.65. The molecule has 76 valence electrons. The second-order valence-electron chi connectivity index (χ2n) is 2.87. The Bertz CT molecular complexity index is 342. The molecule has 0 unspecified atom stereocenters. The van der Waals surface area contributed by atoms with Gasteiger partial charge in [0.15, 0.2) is 0 Å². The number of nitro groups is 1. The van der Waals surface area contributed by atoms with Crippen molar-refractivity contribution in [2.24, 2.45) is 0 Å². The van der Waals surface area contributed by atoms with Crippen LogP contribution in [0.5, 0.6) is 0 Å². The molecule has 1 N–H and O–H groups in total. The van der Waals surface area contributed by atoms with E-state index in [1.807, 2.05) is 0 Å². The van der Waals surface area contributed by atoms with Crippen LogP contribution in [0.15, 0.2) is 18.2 Å². The molecule has 0 saturated heterocycles. The first-order chi connectivity index (χ1) is 6.65. The topological polar surface area (TPSA) is 55.2 Å². The molecule has 5 heteroatoms. The summed E-state index contributed by atoms with van der Waals surface area (Å²) >= 11 is 0. The van der Waals surface area contributed by atoms with E-state index < -0.39 is 11.6 Å². The molecule has 14 heavy (non-hydrogen) atoms. The predicted molar refractivity (Wildman–Crippen MR) is 52.3 cm³/mol. The summed E-state index contributed by atoms with van der Waals surface area (Å²) in [5.41, 5.74) is 1.52. The molecule has 0 bridgehead atoms. The third-order valence-corrected chi connectivity index (χ3v) is 1.83. The zero-order valence-corrected chi connectivity index (χ0v) is 7.79. The monoisotopic (exact) mass is 198 g/mol. The number of aryl methyl sites for hydroxylation is 1. The van der Waals surface area contributed by atoms with Crippen LogP contribution in [0.25, 0.3) is 0 Å². The van der Waals surface area contributed by atoms with Crippen molar-refractivity contribution in [2.75, 3.05) is 18.5 Å². The van der Waals surface area contributed by atoms with Gasteiger partial charge in [0.1, 0.15) is 6.67 Å². The standard InChI is InChI=1S/C9H11FN2O2/c1-7-6-8(12(13)14)2-3-9(7)11-5-4-10/h2-3,6,11H,4-5H2,1H3. The Morgan fingerprint density at radius 3 is 2.79 bits per heavy atom. The van der Waals surface area contributed by atoms with Crippen LogP contribution >= 0.6 is 0 Å². The van der Waals surface area contributed by atoms with Crippen LogP contribution < -0.4 is 5.32 Å². The van der Waals surface area contributed by atoms with Gasteiger partial charge >= 0.3 is 0 Å². The van der Waals surface area contributed by atoms with Gasteiger partial charge < -0.3 is 5.32 Å². The third-order valence-electron chi connectivity index (χ3n) is 1.83. The number of anilines is 1. The van der Waals surface area contributed by atoms with Crippen LogP contribution in [0.2, 0.25) is 0 Å². The molecule has 1 rings (SSSR count). The van der Waals surface area contributed by atoms with Crippen molar-refractivity contribution in [1.82, 2.24) is 0 Å². The molecule has 0 aliphatic rings. The molecule has 1 aromatic rings. The van der Waals surface area contributed by atoms with E-state index in [2.05, 4.69) is 5.32 Å². The molecular formula is C9H11FN2O2. The molecule has 0 spiro atoms. The van der Waals surface area contributed by atoms with Crippen LogP contribution in [-0.4, -0.2) is 18.1 Å². The Labute approximate surface area is 80.9 Å². The van der Waals surface area contributed by atoms with Crippen LogP contribution in [0, 0.1) is 17.0 Å². The fraction of sp³-hybridized carbons (Fsp3) is 0.333.